The van der Waals surface area contributed by atoms with Gasteiger partial charge in [0.25, 0.3) is 5.91 Å². The molecule has 24 heavy (non-hydrogen) atoms. The number of carbonyl (C=O) groups is 2. The number of amides is 1. The van der Waals surface area contributed by atoms with Crippen LogP contribution in [0.1, 0.15) is 32.5 Å². The zero-order chi connectivity index (χ0) is 17.7. The van der Waals surface area contributed by atoms with Gasteiger partial charge in [-0.05, 0) is 37.6 Å². The first-order valence-corrected chi connectivity index (χ1v) is 8.12. The quantitative estimate of drug-likeness (QED) is 0.808. The molecule has 0 aliphatic carbocycles. The fourth-order valence-electron chi connectivity index (χ4n) is 2.11. The van der Waals surface area contributed by atoms with Gasteiger partial charge in [-0.15, -0.1) is 11.3 Å². The van der Waals surface area contributed by atoms with Gasteiger partial charge in [-0.2, -0.15) is 0 Å². The van der Waals surface area contributed by atoms with E-state index in [1.165, 1.54) is 18.4 Å². The van der Waals surface area contributed by atoms with Gasteiger partial charge < -0.3 is 19.5 Å². The number of rotatable bonds is 6. The van der Waals surface area contributed by atoms with Crippen molar-refractivity contribution in [1.29, 1.82) is 0 Å². The highest BCUT2D eigenvalue weighted by molar-refractivity contribution is 7.18. The van der Waals surface area contributed by atoms with Crippen LogP contribution in [0, 0.1) is 6.92 Å². The van der Waals surface area contributed by atoms with Crippen LogP contribution in [0.25, 0.3) is 0 Å². The number of hydrogen-bond donors (Lipinski definition) is 1. The summed E-state index contributed by atoms with van der Waals surface area (Å²) in [6.07, 6.45) is 0. The molecule has 2 aromatic rings. The maximum Gasteiger partial charge on any atom is 0.348 e. The van der Waals surface area contributed by atoms with Gasteiger partial charge in [0, 0.05) is 6.07 Å². The predicted molar refractivity (Wildman–Crippen MR) is 92.5 cm³/mol. The molecule has 0 radical (unpaired) electrons. The molecule has 0 spiro atoms. The van der Waals surface area contributed by atoms with Gasteiger partial charge in [-0.1, -0.05) is 0 Å². The average molecular weight is 349 g/mol. The topological polar surface area (TPSA) is 73.9 Å². The summed E-state index contributed by atoms with van der Waals surface area (Å²) in [6, 6.07) is 6.68. The minimum Gasteiger partial charge on any atom is -0.497 e. The van der Waals surface area contributed by atoms with Crippen LogP contribution in [-0.2, 0) is 4.74 Å². The molecule has 0 atom stereocenters. The van der Waals surface area contributed by atoms with Crippen molar-refractivity contribution in [2.45, 2.75) is 13.8 Å². The number of anilines is 1. The Kier molecular flexibility index (Phi) is 5.81. The van der Waals surface area contributed by atoms with E-state index < -0.39 is 0 Å². The predicted octanol–water partition coefficient (Wildman–Crippen LogP) is 3.50. The van der Waals surface area contributed by atoms with Crippen molar-refractivity contribution in [2.24, 2.45) is 0 Å². The van der Waals surface area contributed by atoms with Crippen molar-refractivity contribution in [2.75, 3.05) is 26.1 Å². The van der Waals surface area contributed by atoms with Crippen LogP contribution in [0.4, 0.5) is 5.00 Å². The number of carbonyl (C=O) groups excluding carboxylic acids is 2. The lowest BCUT2D eigenvalue weighted by Gasteiger charge is -2.09. The summed E-state index contributed by atoms with van der Waals surface area (Å²) in [5.41, 5.74) is 1.14. The number of aryl methyl sites for hydroxylation is 1. The highest BCUT2D eigenvalue weighted by Crippen LogP contribution is 2.30. The molecule has 0 saturated carbocycles. The molecule has 1 amide bonds. The molecule has 7 heteroatoms. The van der Waals surface area contributed by atoms with Crippen molar-refractivity contribution in [3.05, 3.63) is 40.3 Å². The van der Waals surface area contributed by atoms with E-state index in [1.807, 2.05) is 0 Å². The van der Waals surface area contributed by atoms with Gasteiger partial charge in [0.1, 0.15) is 16.4 Å². The van der Waals surface area contributed by atoms with Crippen molar-refractivity contribution in [1.82, 2.24) is 0 Å². The van der Waals surface area contributed by atoms with Gasteiger partial charge in [0.2, 0.25) is 0 Å². The molecule has 6 nitrogen and oxygen atoms in total. The van der Waals surface area contributed by atoms with E-state index in [1.54, 1.807) is 45.2 Å². The van der Waals surface area contributed by atoms with Gasteiger partial charge in [0.05, 0.1) is 31.4 Å². The first kappa shape index (κ1) is 17.8. The second-order valence-corrected chi connectivity index (χ2v) is 5.92. The Morgan fingerprint density at radius 1 is 1.17 bits per heavy atom. The van der Waals surface area contributed by atoms with Gasteiger partial charge in [0.15, 0.2) is 0 Å². The minimum atomic E-state index is -0.387. The first-order chi connectivity index (χ1) is 11.5. The molecule has 0 bridgehead atoms. The van der Waals surface area contributed by atoms with Crippen LogP contribution in [0.5, 0.6) is 11.5 Å². The lowest BCUT2D eigenvalue weighted by atomic mass is 10.1. The monoisotopic (exact) mass is 349 g/mol. The number of hydrogen-bond acceptors (Lipinski definition) is 6. The Morgan fingerprint density at radius 3 is 2.54 bits per heavy atom. The van der Waals surface area contributed by atoms with Gasteiger partial charge in [-0.25, -0.2) is 4.79 Å². The van der Waals surface area contributed by atoms with Crippen LogP contribution in [-0.4, -0.2) is 32.7 Å². The zero-order valence-electron chi connectivity index (χ0n) is 14.0. The standard InChI is InChI=1S/C17H19NO5S/c1-5-23-17(20)15-10(2)8-14(24-15)18-16(19)12-7-6-11(21-3)9-13(12)22-4/h6-9H,5H2,1-4H3,(H,18,19). The van der Waals surface area contributed by atoms with Crippen molar-refractivity contribution >= 4 is 28.2 Å². The second-order valence-electron chi connectivity index (χ2n) is 4.86. The van der Waals surface area contributed by atoms with E-state index in [-0.39, 0.29) is 11.9 Å². The van der Waals surface area contributed by atoms with E-state index in [0.29, 0.717) is 33.5 Å². The summed E-state index contributed by atoms with van der Waals surface area (Å²) in [7, 11) is 3.03. The average Bonchev–Trinajstić information content (AvgIpc) is 2.94. The number of ether oxygens (including phenoxy) is 3. The Labute approximate surface area is 144 Å². The molecule has 0 aliphatic heterocycles. The summed E-state index contributed by atoms with van der Waals surface area (Å²) in [4.78, 5) is 24.8. The number of methoxy groups -OCH3 is 2. The summed E-state index contributed by atoms with van der Waals surface area (Å²) in [5, 5.41) is 3.35. The number of thiophene rings is 1. The molecule has 2 rings (SSSR count). The van der Waals surface area contributed by atoms with E-state index in [4.69, 9.17) is 14.2 Å². The molecule has 1 heterocycles. The molecule has 0 saturated heterocycles. The lowest BCUT2D eigenvalue weighted by molar-refractivity contribution is 0.0531. The first-order valence-electron chi connectivity index (χ1n) is 7.31. The lowest BCUT2D eigenvalue weighted by Crippen LogP contribution is -2.12. The van der Waals surface area contributed by atoms with Crippen LogP contribution in [0.3, 0.4) is 0 Å². The molecule has 1 N–H and O–H groups in total. The number of benzene rings is 1. The largest absolute Gasteiger partial charge is 0.497 e. The number of esters is 1. The normalized spacial score (nSPS) is 10.2. The maximum atomic E-state index is 12.5. The Bertz CT molecular complexity index is 753. The SMILES string of the molecule is CCOC(=O)c1sc(NC(=O)c2ccc(OC)cc2OC)cc1C. The van der Waals surface area contributed by atoms with Crippen molar-refractivity contribution in [3.63, 3.8) is 0 Å². The highest BCUT2D eigenvalue weighted by Gasteiger charge is 2.18. The van der Waals surface area contributed by atoms with E-state index in [9.17, 15) is 9.59 Å². The summed E-state index contributed by atoms with van der Waals surface area (Å²) in [6.45, 7) is 3.85. The van der Waals surface area contributed by atoms with Crippen LogP contribution < -0.4 is 14.8 Å². The summed E-state index contributed by atoms with van der Waals surface area (Å²) < 4.78 is 15.3. The molecule has 0 unspecified atom stereocenters. The third-order valence-electron chi connectivity index (χ3n) is 3.27. The fraction of sp³-hybridized carbons (Fsp3) is 0.294. The molecular formula is C17H19NO5S. The van der Waals surface area contributed by atoms with Gasteiger partial charge in [-0.3, -0.25) is 4.79 Å². The highest BCUT2D eigenvalue weighted by atomic mass is 32.1. The summed E-state index contributed by atoms with van der Waals surface area (Å²) >= 11 is 1.18. The van der Waals surface area contributed by atoms with Gasteiger partial charge >= 0.3 is 5.97 Å². The van der Waals surface area contributed by atoms with E-state index in [2.05, 4.69) is 5.32 Å². The zero-order valence-corrected chi connectivity index (χ0v) is 14.8. The van der Waals surface area contributed by atoms with Crippen LogP contribution in [0.2, 0.25) is 0 Å². The molecular weight excluding hydrogens is 330 g/mol. The smallest absolute Gasteiger partial charge is 0.348 e. The number of nitrogens with one attached hydrogen (secondary N) is 1. The van der Waals surface area contributed by atoms with E-state index >= 15 is 0 Å². The summed E-state index contributed by atoms with van der Waals surface area (Å²) in [5.74, 6) is 0.291. The van der Waals surface area contributed by atoms with Crippen molar-refractivity contribution < 1.29 is 23.8 Å². The Hall–Kier alpha value is -2.54. The Morgan fingerprint density at radius 2 is 1.92 bits per heavy atom. The molecule has 0 fully saturated rings. The Balaban J connectivity index is 2.21. The maximum absolute atomic E-state index is 12.5. The third kappa shape index (κ3) is 3.86. The molecule has 128 valence electrons. The van der Waals surface area contributed by atoms with Crippen LogP contribution in [0.15, 0.2) is 24.3 Å². The third-order valence-corrected chi connectivity index (χ3v) is 4.40. The van der Waals surface area contributed by atoms with E-state index in [0.717, 1.165) is 5.56 Å². The van der Waals surface area contributed by atoms with Crippen molar-refractivity contribution in [3.8, 4) is 11.5 Å². The fourth-order valence-corrected chi connectivity index (χ4v) is 3.07. The molecule has 1 aromatic heterocycles. The molecule has 1 aromatic carbocycles. The molecule has 0 aliphatic rings. The van der Waals surface area contributed by atoms with Crippen LogP contribution >= 0.6 is 11.3 Å². The minimum absolute atomic E-state index is 0.306. The second kappa shape index (κ2) is 7.83.